The Morgan fingerprint density at radius 3 is 2.83 bits per heavy atom. The number of aliphatic hydroxyl groups is 2. The molecule has 3 rings (SSSR count). The largest absolute Gasteiger partial charge is 0.393 e. The van der Waals surface area contributed by atoms with Crippen LogP contribution >= 0.6 is 11.3 Å². The van der Waals surface area contributed by atoms with Crippen LogP contribution in [-0.2, 0) is 10.0 Å². The Morgan fingerprint density at radius 1 is 1.30 bits per heavy atom. The van der Waals surface area contributed by atoms with E-state index in [1.165, 1.54) is 10.5 Å². The van der Waals surface area contributed by atoms with Gasteiger partial charge in [0.2, 0.25) is 0 Å². The third-order valence-corrected chi connectivity index (χ3v) is 7.49. The van der Waals surface area contributed by atoms with Crippen molar-refractivity contribution in [2.75, 3.05) is 19.7 Å². The maximum absolute atomic E-state index is 12.8. The standard InChI is InChI=1S/C14H18N2O5S2/c17-10-14(18)5-1-8-16(9-6-14)23(19,20)13-3-2-12(22-13)11-4-7-15-21-11/h2-4,7,17-18H,1,5-6,8-10H2. The lowest BCUT2D eigenvalue weighted by molar-refractivity contribution is -0.0243. The van der Waals surface area contributed by atoms with E-state index in [9.17, 15) is 18.6 Å². The highest BCUT2D eigenvalue weighted by atomic mass is 32.2. The van der Waals surface area contributed by atoms with Crippen LogP contribution in [0.5, 0.6) is 0 Å². The molecule has 2 aromatic rings. The third-order valence-electron chi connectivity index (χ3n) is 4.03. The van der Waals surface area contributed by atoms with Crippen molar-refractivity contribution < 1.29 is 23.2 Å². The average molecular weight is 358 g/mol. The number of aromatic nitrogens is 1. The zero-order chi connectivity index (χ0) is 16.5. The fourth-order valence-electron chi connectivity index (χ4n) is 2.61. The zero-order valence-electron chi connectivity index (χ0n) is 12.4. The van der Waals surface area contributed by atoms with E-state index in [0.29, 0.717) is 30.0 Å². The summed E-state index contributed by atoms with van der Waals surface area (Å²) in [6.07, 6.45) is 2.64. The molecule has 1 saturated heterocycles. The van der Waals surface area contributed by atoms with Gasteiger partial charge in [0.25, 0.3) is 10.0 Å². The zero-order valence-corrected chi connectivity index (χ0v) is 14.0. The SMILES string of the molecule is O=S(=O)(c1ccc(-c2ccno2)s1)N1CCCC(O)(CO)CC1. The Labute approximate surface area is 138 Å². The number of hydrogen-bond donors (Lipinski definition) is 2. The topological polar surface area (TPSA) is 104 Å². The van der Waals surface area contributed by atoms with Gasteiger partial charge in [0.1, 0.15) is 4.21 Å². The van der Waals surface area contributed by atoms with E-state index in [0.717, 1.165) is 11.3 Å². The monoisotopic (exact) mass is 358 g/mol. The number of aliphatic hydroxyl groups excluding tert-OH is 1. The van der Waals surface area contributed by atoms with Gasteiger partial charge in [-0.25, -0.2) is 8.42 Å². The summed E-state index contributed by atoms with van der Waals surface area (Å²) in [6, 6.07) is 4.93. The first-order valence-electron chi connectivity index (χ1n) is 7.29. The van der Waals surface area contributed by atoms with E-state index >= 15 is 0 Å². The molecule has 3 heterocycles. The van der Waals surface area contributed by atoms with Crippen molar-refractivity contribution in [3.63, 3.8) is 0 Å². The van der Waals surface area contributed by atoms with Crippen LogP contribution in [0.25, 0.3) is 10.6 Å². The van der Waals surface area contributed by atoms with E-state index < -0.39 is 15.6 Å². The Hall–Kier alpha value is -1.26. The molecule has 126 valence electrons. The van der Waals surface area contributed by atoms with Crippen molar-refractivity contribution in [3.05, 3.63) is 24.4 Å². The molecule has 2 N–H and O–H groups in total. The molecule has 0 radical (unpaired) electrons. The summed E-state index contributed by atoms with van der Waals surface area (Å²) < 4.78 is 32.2. The molecule has 1 aliphatic rings. The fraction of sp³-hybridized carbons (Fsp3) is 0.500. The minimum Gasteiger partial charge on any atom is -0.393 e. The summed E-state index contributed by atoms with van der Waals surface area (Å²) in [4.78, 5) is 0.697. The van der Waals surface area contributed by atoms with Gasteiger partial charge in [-0.15, -0.1) is 11.3 Å². The second kappa shape index (κ2) is 6.33. The first-order chi connectivity index (χ1) is 10.9. The number of nitrogens with zero attached hydrogens (tertiary/aromatic N) is 2. The fourth-order valence-corrected chi connectivity index (χ4v) is 5.51. The molecule has 1 atom stereocenters. The van der Waals surface area contributed by atoms with Crippen LogP contribution in [-0.4, -0.2) is 53.4 Å². The van der Waals surface area contributed by atoms with Gasteiger partial charge >= 0.3 is 0 Å². The molecular weight excluding hydrogens is 340 g/mol. The Bertz CT molecular complexity index is 756. The summed E-state index contributed by atoms with van der Waals surface area (Å²) in [7, 11) is -3.62. The number of sulfonamides is 1. The normalized spacial score (nSPS) is 23.7. The van der Waals surface area contributed by atoms with E-state index in [2.05, 4.69) is 5.16 Å². The highest BCUT2D eigenvalue weighted by molar-refractivity contribution is 7.91. The molecule has 0 saturated carbocycles. The summed E-state index contributed by atoms with van der Waals surface area (Å²) in [5, 5.41) is 23.0. The number of hydrogen-bond acceptors (Lipinski definition) is 7. The van der Waals surface area contributed by atoms with Crippen LogP contribution in [0.2, 0.25) is 0 Å². The van der Waals surface area contributed by atoms with E-state index in [-0.39, 0.29) is 23.8 Å². The first kappa shape index (κ1) is 16.6. The highest BCUT2D eigenvalue weighted by Crippen LogP contribution is 2.33. The van der Waals surface area contributed by atoms with Gasteiger partial charge in [-0.3, -0.25) is 0 Å². The van der Waals surface area contributed by atoms with Crippen molar-refractivity contribution in [2.24, 2.45) is 0 Å². The second-order valence-electron chi connectivity index (χ2n) is 5.64. The van der Waals surface area contributed by atoms with Crippen LogP contribution in [0.15, 0.2) is 33.1 Å². The van der Waals surface area contributed by atoms with Gasteiger partial charge in [-0.05, 0) is 31.4 Å². The maximum atomic E-state index is 12.8. The van der Waals surface area contributed by atoms with E-state index in [1.54, 1.807) is 18.2 Å². The second-order valence-corrected chi connectivity index (χ2v) is 8.88. The van der Waals surface area contributed by atoms with Gasteiger partial charge in [-0.1, -0.05) is 5.16 Å². The molecule has 1 unspecified atom stereocenters. The lowest BCUT2D eigenvalue weighted by atomic mass is 9.96. The Kier molecular flexibility index (Phi) is 4.56. The maximum Gasteiger partial charge on any atom is 0.252 e. The molecule has 2 aromatic heterocycles. The van der Waals surface area contributed by atoms with Gasteiger partial charge in [-0.2, -0.15) is 4.31 Å². The van der Waals surface area contributed by atoms with Crippen LogP contribution in [0, 0.1) is 0 Å². The Morgan fingerprint density at radius 2 is 2.13 bits per heavy atom. The summed E-state index contributed by atoms with van der Waals surface area (Å²) in [5.74, 6) is 0.530. The molecule has 0 aromatic carbocycles. The molecule has 0 aliphatic carbocycles. The van der Waals surface area contributed by atoms with E-state index in [4.69, 9.17) is 4.52 Å². The van der Waals surface area contributed by atoms with Crippen molar-refractivity contribution in [1.29, 1.82) is 0 Å². The molecule has 0 amide bonds. The highest BCUT2D eigenvalue weighted by Gasteiger charge is 2.34. The minimum absolute atomic E-state index is 0.189. The molecule has 1 aliphatic heterocycles. The average Bonchev–Trinajstić information content (AvgIpc) is 3.17. The van der Waals surface area contributed by atoms with Gasteiger partial charge < -0.3 is 14.7 Å². The molecule has 9 heteroatoms. The molecule has 0 bridgehead atoms. The molecule has 1 fully saturated rings. The third kappa shape index (κ3) is 3.33. The van der Waals surface area contributed by atoms with Crippen molar-refractivity contribution in [2.45, 2.75) is 29.1 Å². The molecular formula is C14H18N2O5S2. The predicted octanol–water partition coefficient (Wildman–Crippen LogP) is 1.30. The van der Waals surface area contributed by atoms with Gasteiger partial charge in [0, 0.05) is 19.2 Å². The van der Waals surface area contributed by atoms with Crippen LogP contribution < -0.4 is 0 Å². The lowest BCUT2D eigenvalue weighted by Gasteiger charge is -2.24. The smallest absolute Gasteiger partial charge is 0.252 e. The van der Waals surface area contributed by atoms with E-state index in [1.807, 2.05) is 0 Å². The van der Waals surface area contributed by atoms with Crippen molar-refractivity contribution in [3.8, 4) is 10.6 Å². The molecule has 7 nitrogen and oxygen atoms in total. The lowest BCUT2D eigenvalue weighted by Crippen LogP contribution is -2.36. The Balaban J connectivity index is 1.81. The first-order valence-corrected chi connectivity index (χ1v) is 9.55. The summed E-state index contributed by atoms with van der Waals surface area (Å²) in [6.45, 7) is 0.171. The minimum atomic E-state index is -3.62. The summed E-state index contributed by atoms with van der Waals surface area (Å²) >= 11 is 1.13. The number of thiophene rings is 1. The number of rotatable bonds is 4. The quantitative estimate of drug-likeness (QED) is 0.854. The molecule has 0 spiro atoms. The van der Waals surface area contributed by atoms with Crippen LogP contribution in [0.1, 0.15) is 19.3 Å². The summed E-state index contributed by atoms with van der Waals surface area (Å²) in [5.41, 5.74) is -1.19. The van der Waals surface area contributed by atoms with Crippen LogP contribution in [0.3, 0.4) is 0 Å². The van der Waals surface area contributed by atoms with Gasteiger partial charge in [0.15, 0.2) is 5.76 Å². The van der Waals surface area contributed by atoms with Gasteiger partial charge in [0.05, 0.1) is 23.3 Å². The van der Waals surface area contributed by atoms with Crippen molar-refractivity contribution in [1.82, 2.24) is 9.46 Å². The predicted molar refractivity (Wildman–Crippen MR) is 84.5 cm³/mol. The van der Waals surface area contributed by atoms with Crippen molar-refractivity contribution >= 4 is 21.4 Å². The van der Waals surface area contributed by atoms with Crippen LogP contribution in [0.4, 0.5) is 0 Å². The molecule has 23 heavy (non-hydrogen) atoms.